The van der Waals surface area contributed by atoms with Gasteiger partial charge in [0.25, 0.3) is 5.91 Å². The number of ether oxygens (including phenoxy) is 3. The number of carbonyl (C=O) groups is 1. The van der Waals surface area contributed by atoms with Crippen LogP contribution in [0.15, 0.2) is 39.3 Å². The summed E-state index contributed by atoms with van der Waals surface area (Å²) in [6.07, 6.45) is 0. The van der Waals surface area contributed by atoms with Gasteiger partial charge in [-0.1, -0.05) is 15.9 Å². The summed E-state index contributed by atoms with van der Waals surface area (Å²) in [5, 5.41) is 2.89. The van der Waals surface area contributed by atoms with Gasteiger partial charge < -0.3 is 19.5 Å². The van der Waals surface area contributed by atoms with E-state index >= 15 is 0 Å². The standard InChI is InChI=1S/C19H21Br2NO4/c1-4-24-16-9-12(10-17(25-5-2)18(16)26-6-3)19(23)22-15-11-13(20)7-8-14(15)21/h7-11H,4-6H2,1-3H3,(H,22,23). The third kappa shape index (κ3) is 5.14. The van der Waals surface area contributed by atoms with E-state index in [0.717, 1.165) is 8.95 Å². The summed E-state index contributed by atoms with van der Waals surface area (Å²) >= 11 is 6.84. The second kappa shape index (κ2) is 9.83. The Labute approximate surface area is 170 Å². The number of amides is 1. The molecule has 0 aliphatic rings. The molecule has 0 fully saturated rings. The van der Waals surface area contributed by atoms with Crippen molar-refractivity contribution in [2.75, 3.05) is 25.1 Å². The van der Waals surface area contributed by atoms with Crippen LogP contribution in [0.1, 0.15) is 31.1 Å². The topological polar surface area (TPSA) is 56.8 Å². The Balaban J connectivity index is 2.40. The van der Waals surface area contributed by atoms with E-state index < -0.39 is 0 Å². The third-order valence-corrected chi connectivity index (χ3v) is 4.53. The first-order valence-corrected chi connectivity index (χ1v) is 9.91. The Kier molecular flexibility index (Phi) is 7.78. The molecule has 2 aromatic rings. The summed E-state index contributed by atoms with van der Waals surface area (Å²) in [6, 6.07) is 8.89. The maximum Gasteiger partial charge on any atom is 0.255 e. The molecule has 2 rings (SSSR count). The van der Waals surface area contributed by atoms with Crippen molar-refractivity contribution in [3.8, 4) is 17.2 Å². The van der Waals surface area contributed by atoms with Crippen molar-refractivity contribution in [1.82, 2.24) is 0 Å². The Bertz CT molecular complexity index is 753. The molecule has 0 heterocycles. The number of anilines is 1. The number of hydrogen-bond acceptors (Lipinski definition) is 4. The molecular formula is C19H21Br2NO4. The fourth-order valence-electron chi connectivity index (χ4n) is 2.31. The summed E-state index contributed by atoms with van der Waals surface area (Å²) in [5.74, 6) is 1.21. The summed E-state index contributed by atoms with van der Waals surface area (Å²) in [5.41, 5.74) is 1.08. The van der Waals surface area contributed by atoms with Crippen molar-refractivity contribution in [3.63, 3.8) is 0 Å². The van der Waals surface area contributed by atoms with Crippen molar-refractivity contribution in [1.29, 1.82) is 0 Å². The molecule has 140 valence electrons. The SMILES string of the molecule is CCOc1cc(C(=O)Nc2cc(Br)ccc2Br)cc(OCC)c1OCC. The zero-order chi connectivity index (χ0) is 19.1. The highest BCUT2D eigenvalue weighted by atomic mass is 79.9. The fraction of sp³-hybridized carbons (Fsp3) is 0.316. The number of rotatable bonds is 8. The van der Waals surface area contributed by atoms with E-state index in [1.54, 1.807) is 12.1 Å². The minimum absolute atomic E-state index is 0.270. The molecular weight excluding hydrogens is 466 g/mol. The van der Waals surface area contributed by atoms with Crippen molar-refractivity contribution >= 4 is 43.5 Å². The van der Waals surface area contributed by atoms with Gasteiger partial charge in [0.15, 0.2) is 11.5 Å². The molecule has 0 radical (unpaired) electrons. The lowest BCUT2D eigenvalue weighted by Gasteiger charge is -2.17. The van der Waals surface area contributed by atoms with Gasteiger partial charge in [0.2, 0.25) is 5.75 Å². The monoisotopic (exact) mass is 485 g/mol. The van der Waals surface area contributed by atoms with E-state index in [9.17, 15) is 4.79 Å². The molecule has 5 nitrogen and oxygen atoms in total. The van der Waals surface area contributed by atoms with Crippen LogP contribution in [0.25, 0.3) is 0 Å². The normalized spacial score (nSPS) is 10.3. The first-order valence-electron chi connectivity index (χ1n) is 8.32. The molecule has 1 amide bonds. The number of carbonyl (C=O) groups excluding carboxylic acids is 1. The molecule has 0 saturated heterocycles. The highest BCUT2D eigenvalue weighted by Gasteiger charge is 2.19. The van der Waals surface area contributed by atoms with Gasteiger partial charge in [-0.15, -0.1) is 0 Å². The Hall–Kier alpha value is -1.73. The zero-order valence-corrected chi connectivity index (χ0v) is 18.1. The molecule has 7 heteroatoms. The first kappa shape index (κ1) is 20.6. The van der Waals surface area contributed by atoms with E-state index in [4.69, 9.17) is 14.2 Å². The van der Waals surface area contributed by atoms with Crippen molar-refractivity contribution in [2.24, 2.45) is 0 Å². The molecule has 0 spiro atoms. The van der Waals surface area contributed by atoms with Crippen LogP contribution in [-0.2, 0) is 0 Å². The summed E-state index contributed by atoms with van der Waals surface area (Å²) in [7, 11) is 0. The number of nitrogens with one attached hydrogen (secondary N) is 1. The maximum absolute atomic E-state index is 12.8. The second-order valence-electron chi connectivity index (χ2n) is 5.18. The molecule has 0 aliphatic carbocycles. The van der Waals surface area contributed by atoms with Crippen LogP contribution >= 0.6 is 31.9 Å². The molecule has 0 saturated carbocycles. The van der Waals surface area contributed by atoms with Gasteiger partial charge in [-0.2, -0.15) is 0 Å². The fourth-order valence-corrected chi connectivity index (χ4v) is 3.01. The van der Waals surface area contributed by atoms with E-state index in [1.165, 1.54) is 0 Å². The third-order valence-electron chi connectivity index (χ3n) is 3.35. The average Bonchev–Trinajstić information content (AvgIpc) is 2.61. The minimum atomic E-state index is -0.270. The van der Waals surface area contributed by atoms with E-state index in [2.05, 4.69) is 37.2 Å². The lowest BCUT2D eigenvalue weighted by Crippen LogP contribution is -2.13. The van der Waals surface area contributed by atoms with Crippen molar-refractivity contribution < 1.29 is 19.0 Å². The van der Waals surface area contributed by atoms with Gasteiger partial charge >= 0.3 is 0 Å². The summed E-state index contributed by atoms with van der Waals surface area (Å²) in [6.45, 7) is 7.01. The molecule has 2 aromatic carbocycles. The second-order valence-corrected chi connectivity index (χ2v) is 6.95. The zero-order valence-electron chi connectivity index (χ0n) is 14.9. The van der Waals surface area contributed by atoms with Crippen LogP contribution in [0.3, 0.4) is 0 Å². The van der Waals surface area contributed by atoms with Crippen LogP contribution in [0.4, 0.5) is 5.69 Å². The maximum atomic E-state index is 12.8. The van der Waals surface area contributed by atoms with E-state index in [-0.39, 0.29) is 5.91 Å². The number of hydrogen-bond donors (Lipinski definition) is 1. The van der Waals surface area contributed by atoms with Gasteiger partial charge in [-0.05, 0) is 67.0 Å². The van der Waals surface area contributed by atoms with E-state index in [1.807, 2.05) is 39.0 Å². The van der Waals surface area contributed by atoms with Gasteiger partial charge in [-0.25, -0.2) is 0 Å². The van der Waals surface area contributed by atoms with Crippen LogP contribution in [0, 0.1) is 0 Å². The predicted molar refractivity (Wildman–Crippen MR) is 110 cm³/mol. The Morgan fingerprint density at radius 2 is 1.50 bits per heavy atom. The van der Waals surface area contributed by atoms with Crippen molar-refractivity contribution in [2.45, 2.75) is 20.8 Å². The van der Waals surface area contributed by atoms with Crippen molar-refractivity contribution in [3.05, 3.63) is 44.8 Å². The quantitative estimate of drug-likeness (QED) is 0.523. The lowest BCUT2D eigenvalue weighted by atomic mass is 10.1. The van der Waals surface area contributed by atoms with Gasteiger partial charge in [0.1, 0.15) is 0 Å². The number of halogens is 2. The summed E-state index contributed by atoms with van der Waals surface area (Å²) < 4.78 is 18.6. The molecule has 0 bridgehead atoms. The highest BCUT2D eigenvalue weighted by molar-refractivity contribution is 9.11. The molecule has 0 aliphatic heterocycles. The average molecular weight is 487 g/mol. The van der Waals surface area contributed by atoms with Crippen LogP contribution in [0.2, 0.25) is 0 Å². The minimum Gasteiger partial charge on any atom is -0.490 e. The summed E-state index contributed by atoms with van der Waals surface area (Å²) in [4.78, 5) is 12.8. The molecule has 1 N–H and O–H groups in total. The highest BCUT2D eigenvalue weighted by Crippen LogP contribution is 2.39. The first-order chi connectivity index (χ1) is 12.5. The van der Waals surface area contributed by atoms with Crippen LogP contribution < -0.4 is 19.5 Å². The Morgan fingerprint density at radius 1 is 0.923 bits per heavy atom. The molecule has 0 aromatic heterocycles. The lowest BCUT2D eigenvalue weighted by molar-refractivity contribution is 0.102. The van der Waals surface area contributed by atoms with Crippen LogP contribution in [-0.4, -0.2) is 25.7 Å². The molecule has 26 heavy (non-hydrogen) atoms. The van der Waals surface area contributed by atoms with Gasteiger partial charge in [-0.3, -0.25) is 4.79 Å². The number of benzene rings is 2. The van der Waals surface area contributed by atoms with Gasteiger partial charge in [0.05, 0.1) is 25.5 Å². The van der Waals surface area contributed by atoms with Gasteiger partial charge in [0, 0.05) is 14.5 Å². The largest absolute Gasteiger partial charge is 0.490 e. The van der Waals surface area contributed by atoms with Crippen LogP contribution in [0.5, 0.6) is 17.2 Å². The Morgan fingerprint density at radius 3 is 2.04 bits per heavy atom. The molecule has 0 atom stereocenters. The predicted octanol–water partition coefficient (Wildman–Crippen LogP) is 5.66. The molecule has 0 unspecified atom stereocenters. The van der Waals surface area contributed by atoms with E-state index in [0.29, 0.717) is 48.3 Å². The smallest absolute Gasteiger partial charge is 0.255 e.